The fourth-order valence-corrected chi connectivity index (χ4v) is 33.2. The van der Waals surface area contributed by atoms with Crippen molar-refractivity contribution in [2.45, 2.75) is 178 Å². The molecule has 4 nitrogen and oxygen atoms in total. The number of hydrogen-bond acceptors (Lipinski definition) is 3. The number of fused-ring (bicyclic) bond motifs is 3. The van der Waals surface area contributed by atoms with E-state index < -0.39 is 24.2 Å². The molecule has 0 unspecified atom stereocenters. The molecule has 0 saturated carbocycles. The molecule has 134 heavy (non-hydrogen) atoms. The molecule has 0 atom stereocenters. The van der Waals surface area contributed by atoms with Crippen molar-refractivity contribution >= 4 is 103 Å². The molecule has 0 bridgehead atoms. The molecule has 1 aromatic heterocycles. The van der Waals surface area contributed by atoms with Crippen LogP contribution in [0.25, 0.3) is 27.5 Å². The summed E-state index contributed by atoms with van der Waals surface area (Å²) in [4.78, 5) is 0. The van der Waals surface area contributed by atoms with Gasteiger partial charge < -0.3 is 4.57 Å². The van der Waals surface area contributed by atoms with Gasteiger partial charge in [0.25, 0.3) is 0 Å². The van der Waals surface area contributed by atoms with Crippen LogP contribution < -0.4 is 57.1 Å². The number of rotatable bonds is 12. The molecule has 16 aromatic carbocycles. The summed E-state index contributed by atoms with van der Waals surface area (Å²) in [5.41, 5.74) is 12.3. The molecule has 17 aromatic rings. The third-order valence-electron chi connectivity index (χ3n) is 25.0. The molecule has 0 saturated heterocycles. The SMILES string of the molecule is CC(C)(C)C#N.CC(C)(C)[Si](c1ccccc1)(c1ccccc1)c1ccccc1.CC(C)(C)c1ccc(C#N)cc1.CC(C)(C)c1ccc([Si](c2ccccc2)(c2ccccc2)c2ccccc2)cc1.CC(C)(C)c1cccc(-n2c3ccccc3c3ccccc32)c1.CC(C)(C)c1cccc([Si](c2ccccc2)(c2ccccc2)c2ccccc2)c1.CC(C)(C)c1ccccc1C#N. The summed E-state index contributed by atoms with van der Waals surface area (Å²) in [5.74, 6) is 0. The Balaban J connectivity index is 0.000000157. The molecular weight excluding hydrogens is 1670 g/mol. The molecule has 17 rings (SSSR count). The number of hydrogen-bond donors (Lipinski definition) is 0. The van der Waals surface area contributed by atoms with Crippen LogP contribution in [0.4, 0.5) is 0 Å². The zero-order valence-corrected chi connectivity index (χ0v) is 85.9. The van der Waals surface area contributed by atoms with Crippen LogP contribution in [0.15, 0.2) is 443 Å². The summed E-state index contributed by atoms with van der Waals surface area (Å²) < 4.78 is 2.37. The predicted molar refractivity (Wildman–Crippen MR) is 585 cm³/mol. The molecule has 0 N–H and O–H groups in total. The van der Waals surface area contributed by atoms with Gasteiger partial charge in [0.1, 0.15) is 0 Å². The molecule has 0 radical (unpaired) electrons. The first-order valence-corrected chi connectivity index (χ1v) is 53.1. The summed E-state index contributed by atoms with van der Waals surface area (Å²) in [5, 5.41) is 44.2. The predicted octanol–water partition coefficient (Wildman–Crippen LogP) is 26.0. The Morgan fingerprint density at radius 3 is 0.769 bits per heavy atom. The Kier molecular flexibility index (Phi) is 33.4. The van der Waals surface area contributed by atoms with Gasteiger partial charge in [-0.15, -0.1) is 0 Å². The van der Waals surface area contributed by atoms with Crippen molar-refractivity contribution in [3.8, 4) is 23.9 Å². The first-order valence-electron chi connectivity index (χ1n) is 47.1. The standard InChI is InChI=1S/2C28H28Si.C22H21N.C22H24Si.2C11H13N.C5H9N/c1-28(2,3)23-14-13-21-27(22-23)29(24-15-7-4-8-16-24,25-17-9-5-10-18-25)26-19-11-6-12-20-26;1-28(2,3)23-19-21-27(22-20-23)29(24-13-7-4-8-14-24,25-15-9-5-10-16-25)26-17-11-6-12-18-26;1-22(2,3)16-9-8-10-17(15-16)23-20-13-6-4-11-18(20)19-12-5-7-14-21(19)23;1-22(2,3)23(19-13-7-4-8-14-19,20-15-9-5-10-16-20)21-17-11-6-12-18-21;1-11(2,3)10-6-4-9(8-12)5-7-10;1-11(2,3)10-7-5-4-6-9(10)8-12;1-5(2,3)4-6/h2*4-22H,1-3H3;4-15H,1-3H3;4-18H,1-3H3;2*4-7H,1-3H3;1-3H3. The van der Waals surface area contributed by atoms with Crippen molar-refractivity contribution in [2.24, 2.45) is 5.41 Å². The van der Waals surface area contributed by atoms with Gasteiger partial charge in [-0.25, -0.2) is 0 Å². The topological polar surface area (TPSA) is 76.3 Å². The van der Waals surface area contributed by atoms with Gasteiger partial charge in [-0.3, -0.25) is 0 Å². The molecule has 0 fully saturated rings. The minimum absolute atomic E-state index is 0.0618. The highest BCUT2D eigenvalue weighted by atomic mass is 28.3. The first-order chi connectivity index (χ1) is 63.8. The lowest BCUT2D eigenvalue weighted by Crippen LogP contribution is -2.74. The second kappa shape index (κ2) is 44.3. The zero-order valence-electron chi connectivity index (χ0n) is 82.9. The molecule has 0 aliphatic heterocycles. The van der Waals surface area contributed by atoms with E-state index in [1.54, 1.807) is 0 Å². The van der Waals surface area contributed by atoms with Crippen LogP contribution in [0.1, 0.15) is 184 Å². The maximum atomic E-state index is 8.83. The van der Waals surface area contributed by atoms with Crippen LogP contribution in [0.5, 0.6) is 0 Å². The summed E-state index contributed by atoms with van der Waals surface area (Å²) in [6, 6.07) is 167. The van der Waals surface area contributed by atoms with E-state index in [0.717, 1.165) is 16.7 Å². The zero-order chi connectivity index (χ0) is 96.6. The second-order valence-corrected chi connectivity index (χ2v) is 54.2. The summed E-state index contributed by atoms with van der Waals surface area (Å²) in [6.45, 7) is 46.2. The van der Waals surface area contributed by atoms with Crippen LogP contribution in [0.3, 0.4) is 0 Å². The van der Waals surface area contributed by atoms with Crippen molar-refractivity contribution in [2.75, 3.05) is 0 Å². The van der Waals surface area contributed by atoms with Gasteiger partial charge in [0.15, 0.2) is 24.2 Å². The van der Waals surface area contributed by atoms with Crippen LogP contribution in [-0.2, 0) is 27.1 Å². The van der Waals surface area contributed by atoms with Crippen LogP contribution in [-0.4, -0.2) is 28.8 Å². The van der Waals surface area contributed by atoms with Gasteiger partial charge in [-0.05, 0) is 180 Å². The minimum Gasteiger partial charge on any atom is -0.309 e. The van der Waals surface area contributed by atoms with Crippen molar-refractivity contribution in [1.29, 1.82) is 15.8 Å². The van der Waals surface area contributed by atoms with Gasteiger partial charge >= 0.3 is 0 Å². The average Bonchev–Trinajstić information content (AvgIpc) is 1.02. The molecule has 0 amide bonds. The highest BCUT2D eigenvalue weighted by Crippen LogP contribution is 2.38. The van der Waals surface area contributed by atoms with Crippen molar-refractivity contribution in [1.82, 2.24) is 4.57 Å². The molecule has 1 heterocycles. The van der Waals surface area contributed by atoms with E-state index in [2.05, 4.69) is 542 Å². The maximum Gasteiger partial charge on any atom is 0.179 e. The van der Waals surface area contributed by atoms with E-state index in [1.807, 2.05) is 69.3 Å². The van der Waals surface area contributed by atoms with Crippen LogP contribution >= 0.6 is 0 Å². The Bertz CT molecular complexity index is 6330. The molecule has 0 aliphatic carbocycles. The summed E-state index contributed by atoms with van der Waals surface area (Å²) in [7, 11) is -6.92. The molecule has 676 valence electrons. The fourth-order valence-electron chi connectivity index (χ4n) is 18.0. The Hall–Kier alpha value is -13.6. The third-order valence-corrected chi connectivity index (χ3v) is 40.4. The third kappa shape index (κ3) is 24.3. The lowest BCUT2D eigenvalue weighted by Gasteiger charge is -2.44. The van der Waals surface area contributed by atoms with Crippen LogP contribution in [0, 0.1) is 39.4 Å². The normalized spacial score (nSPS) is 11.7. The molecule has 0 aliphatic rings. The highest BCUT2D eigenvalue weighted by molar-refractivity contribution is 7.20. The monoisotopic (exact) mass is 1800 g/mol. The molecule has 0 spiro atoms. The van der Waals surface area contributed by atoms with Crippen molar-refractivity contribution < 1.29 is 0 Å². The van der Waals surface area contributed by atoms with Gasteiger partial charge in [0, 0.05) is 21.9 Å². The maximum absolute atomic E-state index is 8.83. The quantitative estimate of drug-likeness (QED) is 0.0903. The van der Waals surface area contributed by atoms with Gasteiger partial charge in [0.2, 0.25) is 0 Å². The number of nitriles is 3. The second-order valence-electron chi connectivity index (χ2n) is 41.8. The Labute approximate surface area is 806 Å². The van der Waals surface area contributed by atoms with E-state index in [0.29, 0.717) is 0 Å². The van der Waals surface area contributed by atoms with Gasteiger partial charge in [0.05, 0.1) is 40.4 Å². The summed E-state index contributed by atoms with van der Waals surface area (Å²) >= 11 is 0. The Morgan fingerprint density at radius 2 is 0.478 bits per heavy atom. The number of para-hydroxylation sites is 2. The smallest absolute Gasteiger partial charge is 0.179 e. The number of aromatic nitrogens is 1. The van der Waals surface area contributed by atoms with E-state index in [-0.39, 0.29) is 37.5 Å². The lowest BCUT2D eigenvalue weighted by molar-refractivity contribution is 0.561. The first kappa shape index (κ1) is 101. The number of benzene rings is 16. The average molecular weight is 1800 g/mol. The van der Waals surface area contributed by atoms with Gasteiger partial charge in [-0.1, -0.05) is 525 Å². The molecule has 7 heteroatoms. The Morgan fingerprint density at radius 1 is 0.216 bits per heavy atom. The van der Waals surface area contributed by atoms with E-state index in [9.17, 15) is 0 Å². The largest absolute Gasteiger partial charge is 0.309 e. The van der Waals surface area contributed by atoms with E-state index >= 15 is 0 Å². The highest BCUT2D eigenvalue weighted by Gasteiger charge is 2.49. The van der Waals surface area contributed by atoms with Crippen molar-refractivity contribution in [3.63, 3.8) is 0 Å². The minimum atomic E-state index is -2.41. The molecular formula is C127H136N4Si3. The van der Waals surface area contributed by atoms with E-state index in [4.69, 9.17) is 15.8 Å². The van der Waals surface area contributed by atoms with Crippen molar-refractivity contribution in [3.05, 3.63) is 482 Å². The lowest BCUT2D eigenvalue weighted by atomic mass is 9.84. The number of nitrogens with zero attached hydrogens (tertiary/aromatic N) is 4. The fraction of sp³-hybridized carbons (Fsp3) is 0.220. The van der Waals surface area contributed by atoms with Gasteiger partial charge in [-0.2, -0.15) is 15.8 Å². The van der Waals surface area contributed by atoms with Crippen LogP contribution in [0.2, 0.25) is 5.04 Å². The summed E-state index contributed by atoms with van der Waals surface area (Å²) in [6.07, 6.45) is 0. The van der Waals surface area contributed by atoms with E-state index in [1.165, 1.54) is 107 Å².